The van der Waals surface area contributed by atoms with Crippen molar-refractivity contribution in [1.82, 2.24) is 10.6 Å². The number of hydrogen-bond acceptors (Lipinski definition) is 7. The van der Waals surface area contributed by atoms with Crippen molar-refractivity contribution in [3.05, 3.63) is 60.7 Å². The van der Waals surface area contributed by atoms with Gasteiger partial charge in [0.1, 0.15) is 30.8 Å². The molecule has 0 bridgehead atoms. The highest BCUT2D eigenvalue weighted by Gasteiger charge is 2.47. The number of benzene rings is 2. The van der Waals surface area contributed by atoms with Gasteiger partial charge in [0, 0.05) is 12.6 Å². The summed E-state index contributed by atoms with van der Waals surface area (Å²) < 4.78 is 28.8. The number of ether oxygens (including phenoxy) is 5. The zero-order valence-electron chi connectivity index (χ0n) is 23.9. The van der Waals surface area contributed by atoms with Gasteiger partial charge in [-0.2, -0.15) is 0 Å². The Morgan fingerprint density at radius 1 is 0.923 bits per heavy atom. The van der Waals surface area contributed by atoms with Crippen molar-refractivity contribution in [3.63, 3.8) is 0 Å². The molecular weight excluding hydrogens is 496 g/mol. The zero-order valence-corrected chi connectivity index (χ0v) is 23.9. The second-order valence-electron chi connectivity index (χ2n) is 12.1. The lowest BCUT2D eigenvalue weighted by molar-refractivity contribution is -0.0228. The van der Waals surface area contributed by atoms with Crippen molar-refractivity contribution in [2.24, 2.45) is 10.8 Å². The Morgan fingerprint density at radius 3 is 2.13 bits per heavy atom. The standard InChI is InChI=1S/C31H44N2O6/c1-22(18-35-25-12-8-6-9-13-25)37-28-27(39-28)33-24-16-30(3,4)20-31(5,17-24)21-32-29(34)38-23(2)19-36-26-14-10-7-11-15-26/h6-15,22-24,27-28,33H,16-21H2,1-5H3,(H,32,34). The lowest BCUT2D eigenvalue weighted by atomic mass is 9.62. The number of epoxide rings is 1. The highest BCUT2D eigenvalue weighted by atomic mass is 16.8. The molecule has 1 heterocycles. The van der Waals surface area contributed by atoms with Crippen LogP contribution in [0.25, 0.3) is 0 Å². The summed E-state index contributed by atoms with van der Waals surface area (Å²) in [5, 5.41) is 6.63. The molecule has 1 saturated heterocycles. The number of hydrogen-bond donors (Lipinski definition) is 2. The molecule has 2 aromatic rings. The van der Waals surface area contributed by atoms with Gasteiger partial charge >= 0.3 is 6.09 Å². The fourth-order valence-corrected chi connectivity index (χ4v) is 5.71. The molecule has 1 aliphatic carbocycles. The van der Waals surface area contributed by atoms with Crippen molar-refractivity contribution in [2.75, 3.05) is 19.8 Å². The molecule has 2 N–H and O–H groups in total. The molecule has 1 saturated carbocycles. The van der Waals surface area contributed by atoms with Crippen molar-refractivity contribution >= 4 is 6.09 Å². The minimum Gasteiger partial charge on any atom is -0.491 e. The molecule has 0 aromatic heterocycles. The smallest absolute Gasteiger partial charge is 0.407 e. The van der Waals surface area contributed by atoms with Crippen molar-refractivity contribution in [3.8, 4) is 11.5 Å². The fourth-order valence-electron chi connectivity index (χ4n) is 5.71. The lowest BCUT2D eigenvalue weighted by Gasteiger charge is -2.47. The van der Waals surface area contributed by atoms with Crippen LogP contribution >= 0.6 is 0 Å². The number of alkyl carbamates (subject to hydrolysis) is 1. The summed E-state index contributed by atoms with van der Waals surface area (Å²) in [6, 6.07) is 19.5. The maximum Gasteiger partial charge on any atom is 0.407 e. The van der Waals surface area contributed by atoms with Gasteiger partial charge in [0.15, 0.2) is 12.5 Å². The number of carbonyl (C=O) groups excluding carboxylic acids is 1. The summed E-state index contributed by atoms with van der Waals surface area (Å²) in [7, 11) is 0. The third-order valence-electron chi connectivity index (χ3n) is 7.08. The molecule has 0 radical (unpaired) electrons. The average molecular weight is 541 g/mol. The van der Waals surface area contributed by atoms with Gasteiger partial charge in [-0.1, -0.05) is 57.2 Å². The van der Waals surface area contributed by atoms with E-state index in [0.29, 0.717) is 19.8 Å². The highest BCUT2D eigenvalue weighted by Crippen LogP contribution is 2.46. The Labute approximate surface area is 232 Å². The molecule has 4 rings (SSSR count). The number of amides is 1. The van der Waals surface area contributed by atoms with Crippen LogP contribution in [0.3, 0.4) is 0 Å². The normalized spacial score (nSPS) is 27.2. The van der Waals surface area contributed by atoms with E-state index in [1.165, 1.54) is 0 Å². The first kappa shape index (κ1) is 29.2. The van der Waals surface area contributed by atoms with E-state index in [1.54, 1.807) is 0 Å². The van der Waals surface area contributed by atoms with Crippen LogP contribution in [0.4, 0.5) is 4.79 Å². The Kier molecular flexibility index (Phi) is 9.75. The van der Waals surface area contributed by atoms with Crippen LogP contribution in [-0.2, 0) is 14.2 Å². The number of para-hydroxylation sites is 2. The van der Waals surface area contributed by atoms with E-state index in [2.05, 4.69) is 31.4 Å². The predicted molar refractivity (Wildman–Crippen MR) is 150 cm³/mol. The molecule has 1 amide bonds. The van der Waals surface area contributed by atoms with Crippen molar-refractivity contribution in [1.29, 1.82) is 0 Å². The zero-order chi connectivity index (χ0) is 27.9. The molecule has 2 aromatic carbocycles. The van der Waals surface area contributed by atoms with E-state index in [1.807, 2.05) is 74.5 Å². The largest absolute Gasteiger partial charge is 0.491 e. The maximum atomic E-state index is 12.5. The van der Waals surface area contributed by atoms with Crippen LogP contribution in [0.1, 0.15) is 53.9 Å². The number of nitrogens with one attached hydrogen (secondary N) is 2. The molecule has 2 fully saturated rings. The highest BCUT2D eigenvalue weighted by molar-refractivity contribution is 5.67. The number of rotatable bonds is 13. The molecule has 1 aliphatic heterocycles. The Hall–Kier alpha value is -2.81. The molecule has 8 heteroatoms. The van der Waals surface area contributed by atoms with Gasteiger partial charge in [-0.15, -0.1) is 0 Å². The van der Waals surface area contributed by atoms with E-state index in [0.717, 1.165) is 30.8 Å². The van der Waals surface area contributed by atoms with Crippen LogP contribution in [0.15, 0.2) is 60.7 Å². The number of carbonyl (C=O) groups is 1. The van der Waals surface area contributed by atoms with Gasteiger partial charge in [0.2, 0.25) is 0 Å². The topological polar surface area (TPSA) is 90.6 Å². The van der Waals surface area contributed by atoms with Crippen LogP contribution in [0, 0.1) is 10.8 Å². The van der Waals surface area contributed by atoms with E-state index < -0.39 is 6.09 Å². The van der Waals surface area contributed by atoms with Gasteiger partial charge in [-0.3, -0.25) is 5.32 Å². The summed E-state index contributed by atoms with van der Waals surface area (Å²) >= 11 is 0. The van der Waals surface area contributed by atoms with Crippen molar-refractivity contribution < 1.29 is 28.5 Å². The Bertz CT molecular complexity index is 1040. The van der Waals surface area contributed by atoms with Crippen LogP contribution in [0.2, 0.25) is 0 Å². The molecule has 6 atom stereocenters. The predicted octanol–water partition coefficient (Wildman–Crippen LogP) is 5.52. The second-order valence-corrected chi connectivity index (χ2v) is 12.1. The second kappa shape index (κ2) is 13.0. The molecule has 39 heavy (non-hydrogen) atoms. The summed E-state index contributed by atoms with van der Waals surface area (Å²) in [6.07, 6.45) is 1.68. The third-order valence-corrected chi connectivity index (χ3v) is 7.08. The summed E-state index contributed by atoms with van der Waals surface area (Å²) in [6.45, 7) is 11.9. The van der Waals surface area contributed by atoms with E-state index in [9.17, 15) is 4.79 Å². The molecule has 214 valence electrons. The van der Waals surface area contributed by atoms with E-state index in [4.69, 9.17) is 23.7 Å². The molecule has 2 aliphatic rings. The fraction of sp³-hybridized carbons (Fsp3) is 0.581. The van der Waals surface area contributed by atoms with Gasteiger partial charge in [-0.05, 0) is 68.2 Å². The van der Waals surface area contributed by atoms with Gasteiger partial charge in [0.25, 0.3) is 0 Å². The molecular formula is C31H44N2O6. The first-order chi connectivity index (χ1) is 18.6. The average Bonchev–Trinajstić information content (AvgIpc) is 3.61. The van der Waals surface area contributed by atoms with E-state index in [-0.39, 0.29) is 41.6 Å². The van der Waals surface area contributed by atoms with Crippen LogP contribution in [-0.4, -0.2) is 56.6 Å². The first-order valence-corrected chi connectivity index (χ1v) is 14.0. The van der Waals surface area contributed by atoms with Gasteiger partial charge < -0.3 is 29.0 Å². The summed E-state index contributed by atoms with van der Waals surface area (Å²) in [4.78, 5) is 12.5. The third kappa shape index (κ3) is 9.71. The first-order valence-electron chi connectivity index (χ1n) is 14.0. The molecule has 0 spiro atoms. The van der Waals surface area contributed by atoms with Gasteiger partial charge in [-0.25, -0.2) is 4.79 Å². The molecule has 6 unspecified atom stereocenters. The Balaban J connectivity index is 1.18. The van der Waals surface area contributed by atoms with E-state index >= 15 is 0 Å². The maximum absolute atomic E-state index is 12.5. The Morgan fingerprint density at radius 2 is 1.51 bits per heavy atom. The minimum absolute atomic E-state index is 0.0791. The lowest BCUT2D eigenvalue weighted by Crippen LogP contribution is -2.50. The van der Waals surface area contributed by atoms with Crippen LogP contribution < -0.4 is 20.1 Å². The van der Waals surface area contributed by atoms with Gasteiger partial charge in [0.05, 0.1) is 6.10 Å². The summed E-state index contributed by atoms with van der Waals surface area (Å²) in [5.74, 6) is 1.58. The minimum atomic E-state index is -0.418. The SMILES string of the molecule is CC(COc1ccccc1)OC(=O)NCC1(C)CC(NC2OC2OC(C)COc2ccccc2)CC(C)(C)C1. The van der Waals surface area contributed by atoms with Crippen LogP contribution in [0.5, 0.6) is 11.5 Å². The van der Waals surface area contributed by atoms with Crippen molar-refractivity contribution in [2.45, 2.75) is 84.6 Å². The quantitative estimate of drug-likeness (QED) is 0.323. The monoisotopic (exact) mass is 540 g/mol. The summed E-state index contributed by atoms with van der Waals surface area (Å²) in [5.41, 5.74) is 0.0411. The molecule has 8 nitrogen and oxygen atoms in total.